The molecule has 4 heteroatoms. The van der Waals surface area contributed by atoms with Crippen molar-refractivity contribution < 1.29 is 4.74 Å². The van der Waals surface area contributed by atoms with Gasteiger partial charge in [0, 0.05) is 6.54 Å². The summed E-state index contributed by atoms with van der Waals surface area (Å²) in [6, 6.07) is 5.49. The van der Waals surface area contributed by atoms with Gasteiger partial charge in [0.2, 0.25) is 0 Å². The lowest BCUT2D eigenvalue weighted by molar-refractivity contribution is 0.0870. The standard InChI is InChI=1S/C11H15N3O/c1-9(2)15-6-5-13-11-4-3-10(7-12)14-8-11/h3-4,8-9,13H,5-6H2,1-2H3. The summed E-state index contributed by atoms with van der Waals surface area (Å²) in [6.07, 6.45) is 1.90. The lowest BCUT2D eigenvalue weighted by Gasteiger charge is -2.08. The molecule has 1 aromatic rings. The van der Waals surface area contributed by atoms with Crippen LogP contribution in [0.25, 0.3) is 0 Å². The zero-order valence-electron chi connectivity index (χ0n) is 9.03. The molecule has 1 rings (SSSR count). The van der Waals surface area contributed by atoms with Crippen LogP contribution in [-0.4, -0.2) is 24.2 Å². The lowest BCUT2D eigenvalue weighted by Crippen LogP contribution is -2.13. The Hall–Kier alpha value is -1.60. The second-order valence-electron chi connectivity index (χ2n) is 3.39. The van der Waals surface area contributed by atoms with Crippen molar-refractivity contribution in [2.24, 2.45) is 0 Å². The number of ether oxygens (including phenoxy) is 1. The van der Waals surface area contributed by atoms with Gasteiger partial charge in [0.15, 0.2) is 0 Å². The zero-order valence-corrected chi connectivity index (χ0v) is 9.03. The molecule has 1 aromatic heterocycles. The van der Waals surface area contributed by atoms with Crippen molar-refractivity contribution in [3.63, 3.8) is 0 Å². The van der Waals surface area contributed by atoms with Crippen LogP contribution in [-0.2, 0) is 4.74 Å². The maximum atomic E-state index is 8.55. The fraction of sp³-hybridized carbons (Fsp3) is 0.455. The Bertz CT molecular complexity index is 327. The highest BCUT2D eigenvalue weighted by molar-refractivity contribution is 5.42. The van der Waals surface area contributed by atoms with Crippen LogP contribution >= 0.6 is 0 Å². The van der Waals surface area contributed by atoms with Crippen LogP contribution in [0.1, 0.15) is 19.5 Å². The van der Waals surface area contributed by atoms with Crippen molar-refractivity contribution in [1.82, 2.24) is 4.98 Å². The predicted octanol–water partition coefficient (Wildman–Crippen LogP) is 1.79. The quantitative estimate of drug-likeness (QED) is 0.744. The van der Waals surface area contributed by atoms with Crippen LogP contribution in [0.2, 0.25) is 0 Å². The molecule has 0 saturated heterocycles. The Morgan fingerprint density at radius 3 is 2.87 bits per heavy atom. The monoisotopic (exact) mass is 205 g/mol. The van der Waals surface area contributed by atoms with E-state index in [9.17, 15) is 0 Å². The molecule has 0 saturated carbocycles. The fourth-order valence-electron chi connectivity index (χ4n) is 1.05. The first-order chi connectivity index (χ1) is 7.22. The van der Waals surface area contributed by atoms with E-state index in [1.54, 1.807) is 12.3 Å². The van der Waals surface area contributed by atoms with E-state index in [-0.39, 0.29) is 6.10 Å². The van der Waals surface area contributed by atoms with E-state index in [0.29, 0.717) is 12.3 Å². The van der Waals surface area contributed by atoms with Gasteiger partial charge in [-0.1, -0.05) is 0 Å². The molecule has 0 aromatic carbocycles. The van der Waals surface area contributed by atoms with E-state index in [1.165, 1.54) is 0 Å². The van der Waals surface area contributed by atoms with Gasteiger partial charge in [-0.15, -0.1) is 0 Å². The van der Waals surface area contributed by atoms with Crippen LogP contribution in [0, 0.1) is 11.3 Å². The molecule has 15 heavy (non-hydrogen) atoms. The van der Waals surface area contributed by atoms with E-state index in [2.05, 4.69) is 10.3 Å². The number of nitrogens with one attached hydrogen (secondary N) is 1. The molecule has 0 aliphatic carbocycles. The third kappa shape index (κ3) is 4.43. The number of hydrogen-bond acceptors (Lipinski definition) is 4. The molecule has 0 aliphatic rings. The Kier molecular flexibility index (Phi) is 4.58. The first kappa shape index (κ1) is 11.5. The maximum Gasteiger partial charge on any atom is 0.140 e. The highest BCUT2D eigenvalue weighted by Gasteiger charge is 1.95. The van der Waals surface area contributed by atoms with E-state index in [1.807, 2.05) is 26.0 Å². The van der Waals surface area contributed by atoms with E-state index in [4.69, 9.17) is 10.00 Å². The minimum Gasteiger partial charge on any atom is -0.381 e. The van der Waals surface area contributed by atoms with Gasteiger partial charge in [-0.2, -0.15) is 5.26 Å². The largest absolute Gasteiger partial charge is 0.381 e. The van der Waals surface area contributed by atoms with Crippen LogP contribution in [0.5, 0.6) is 0 Å². The second-order valence-corrected chi connectivity index (χ2v) is 3.39. The smallest absolute Gasteiger partial charge is 0.140 e. The Balaban J connectivity index is 2.29. The fourth-order valence-corrected chi connectivity index (χ4v) is 1.05. The summed E-state index contributed by atoms with van der Waals surface area (Å²) >= 11 is 0. The minimum absolute atomic E-state index is 0.255. The molecule has 1 N–H and O–H groups in total. The molecule has 0 unspecified atom stereocenters. The molecule has 0 amide bonds. The van der Waals surface area contributed by atoms with Gasteiger partial charge in [0.25, 0.3) is 0 Å². The van der Waals surface area contributed by atoms with Crippen molar-refractivity contribution in [2.45, 2.75) is 20.0 Å². The number of aromatic nitrogens is 1. The zero-order chi connectivity index (χ0) is 11.1. The second kappa shape index (κ2) is 5.99. The summed E-state index contributed by atoms with van der Waals surface area (Å²) < 4.78 is 5.37. The third-order valence-corrected chi connectivity index (χ3v) is 1.76. The number of pyridine rings is 1. The highest BCUT2D eigenvalue weighted by Crippen LogP contribution is 2.04. The van der Waals surface area contributed by atoms with Crippen molar-refractivity contribution >= 4 is 5.69 Å². The molecule has 0 atom stereocenters. The Labute approximate surface area is 89.9 Å². The van der Waals surface area contributed by atoms with Gasteiger partial charge < -0.3 is 10.1 Å². The molecule has 0 fully saturated rings. The van der Waals surface area contributed by atoms with Gasteiger partial charge >= 0.3 is 0 Å². The summed E-state index contributed by atoms with van der Waals surface area (Å²) in [4.78, 5) is 3.95. The van der Waals surface area contributed by atoms with Crippen LogP contribution < -0.4 is 5.32 Å². The number of nitriles is 1. The highest BCUT2D eigenvalue weighted by atomic mass is 16.5. The van der Waals surface area contributed by atoms with Crippen molar-refractivity contribution in [3.05, 3.63) is 24.0 Å². The molecule has 0 bridgehead atoms. The van der Waals surface area contributed by atoms with Crippen LogP contribution in [0.15, 0.2) is 18.3 Å². The molecule has 1 heterocycles. The minimum atomic E-state index is 0.255. The lowest BCUT2D eigenvalue weighted by atomic mass is 10.3. The molecular formula is C11H15N3O. The number of rotatable bonds is 5. The maximum absolute atomic E-state index is 8.55. The van der Waals surface area contributed by atoms with Gasteiger partial charge in [-0.3, -0.25) is 0 Å². The molecule has 0 spiro atoms. The Morgan fingerprint density at radius 1 is 1.53 bits per heavy atom. The summed E-state index contributed by atoms with van der Waals surface area (Å²) in [6.45, 7) is 5.41. The molecular weight excluding hydrogens is 190 g/mol. The van der Waals surface area contributed by atoms with E-state index >= 15 is 0 Å². The summed E-state index contributed by atoms with van der Waals surface area (Å²) in [5.41, 5.74) is 1.33. The predicted molar refractivity (Wildman–Crippen MR) is 58.5 cm³/mol. The van der Waals surface area contributed by atoms with Crippen molar-refractivity contribution in [3.8, 4) is 6.07 Å². The first-order valence-corrected chi connectivity index (χ1v) is 4.94. The summed E-state index contributed by atoms with van der Waals surface area (Å²) in [5.74, 6) is 0. The number of anilines is 1. The van der Waals surface area contributed by atoms with Crippen LogP contribution in [0.4, 0.5) is 5.69 Å². The van der Waals surface area contributed by atoms with Gasteiger partial charge in [-0.05, 0) is 26.0 Å². The topological polar surface area (TPSA) is 57.9 Å². The van der Waals surface area contributed by atoms with Crippen molar-refractivity contribution in [2.75, 3.05) is 18.5 Å². The first-order valence-electron chi connectivity index (χ1n) is 4.94. The Morgan fingerprint density at radius 2 is 2.33 bits per heavy atom. The molecule has 0 radical (unpaired) electrons. The summed E-state index contributed by atoms with van der Waals surface area (Å²) in [5, 5.41) is 11.7. The normalized spacial score (nSPS) is 10.0. The number of nitrogens with zero attached hydrogens (tertiary/aromatic N) is 2. The molecule has 4 nitrogen and oxygen atoms in total. The average Bonchev–Trinajstić information content (AvgIpc) is 2.25. The molecule has 0 aliphatic heterocycles. The summed E-state index contributed by atoms with van der Waals surface area (Å²) in [7, 11) is 0. The van der Waals surface area contributed by atoms with Crippen LogP contribution in [0.3, 0.4) is 0 Å². The van der Waals surface area contributed by atoms with E-state index < -0.39 is 0 Å². The van der Waals surface area contributed by atoms with Gasteiger partial charge in [0.1, 0.15) is 11.8 Å². The van der Waals surface area contributed by atoms with E-state index in [0.717, 1.165) is 12.2 Å². The van der Waals surface area contributed by atoms with Gasteiger partial charge in [-0.25, -0.2) is 4.98 Å². The van der Waals surface area contributed by atoms with Gasteiger partial charge in [0.05, 0.1) is 24.6 Å². The van der Waals surface area contributed by atoms with Crippen molar-refractivity contribution in [1.29, 1.82) is 5.26 Å². The SMILES string of the molecule is CC(C)OCCNc1ccc(C#N)nc1. The third-order valence-electron chi connectivity index (χ3n) is 1.76. The average molecular weight is 205 g/mol. The molecule has 80 valence electrons. The number of hydrogen-bond donors (Lipinski definition) is 1.